The van der Waals surface area contributed by atoms with E-state index in [0.717, 1.165) is 4.90 Å². The Bertz CT molecular complexity index is 612. The third kappa shape index (κ3) is 2.96. The van der Waals surface area contributed by atoms with E-state index in [0.29, 0.717) is 10.7 Å². The number of halogens is 1. The van der Waals surface area contributed by atoms with Crippen LogP contribution >= 0.6 is 11.8 Å². The van der Waals surface area contributed by atoms with Crippen LogP contribution in [-0.2, 0) is 0 Å². The van der Waals surface area contributed by atoms with E-state index in [2.05, 4.69) is 9.97 Å². The number of aromatic amines is 1. The largest absolute Gasteiger partial charge is 0.324 e. The molecule has 0 saturated heterocycles. The molecule has 4 nitrogen and oxygen atoms in total. The molecule has 0 radical (unpaired) electrons. The number of rotatable bonds is 3. The van der Waals surface area contributed by atoms with Crippen molar-refractivity contribution in [3.05, 3.63) is 52.2 Å². The molecule has 94 valence electrons. The van der Waals surface area contributed by atoms with E-state index in [1.165, 1.54) is 36.2 Å². The highest BCUT2D eigenvalue weighted by molar-refractivity contribution is 7.99. The van der Waals surface area contributed by atoms with Gasteiger partial charge >= 0.3 is 0 Å². The molecule has 0 aliphatic carbocycles. The van der Waals surface area contributed by atoms with Crippen LogP contribution in [0.5, 0.6) is 0 Å². The van der Waals surface area contributed by atoms with Gasteiger partial charge in [0.15, 0.2) is 5.16 Å². The maximum atomic E-state index is 13.2. The number of nitrogens with one attached hydrogen (secondary N) is 1. The van der Waals surface area contributed by atoms with Gasteiger partial charge in [-0.1, -0.05) is 11.8 Å². The summed E-state index contributed by atoms with van der Waals surface area (Å²) in [7, 11) is 0. The van der Waals surface area contributed by atoms with Gasteiger partial charge in [-0.3, -0.25) is 4.79 Å². The van der Waals surface area contributed by atoms with Gasteiger partial charge in [-0.15, -0.1) is 0 Å². The average molecular weight is 265 g/mol. The Labute approximate surface area is 107 Å². The highest BCUT2D eigenvalue weighted by atomic mass is 32.2. The predicted octanol–water partition coefficient (Wildman–Crippen LogP) is 2.08. The number of nitrogens with two attached hydrogens (primary N) is 1. The number of hydrogen-bond donors (Lipinski definition) is 2. The SMILES string of the molecule is C[C@@H](N)c1cc(F)ccc1Sc1nccc(=O)[nH]1. The second kappa shape index (κ2) is 5.32. The summed E-state index contributed by atoms with van der Waals surface area (Å²) in [4.78, 5) is 18.6. The molecule has 0 saturated carbocycles. The van der Waals surface area contributed by atoms with E-state index in [9.17, 15) is 9.18 Å². The summed E-state index contributed by atoms with van der Waals surface area (Å²) in [5.74, 6) is -0.332. The first-order valence-electron chi connectivity index (χ1n) is 5.34. The molecule has 0 amide bonds. The molecule has 2 rings (SSSR count). The summed E-state index contributed by atoms with van der Waals surface area (Å²) in [6, 6.07) is 5.43. The highest BCUT2D eigenvalue weighted by Gasteiger charge is 2.10. The second-order valence-electron chi connectivity index (χ2n) is 3.81. The number of nitrogens with zero attached hydrogens (tertiary/aromatic N) is 1. The number of benzene rings is 1. The summed E-state index contributed by atoms with van der Waals surface area (Å²) in [6.07, 6.45) is 1.43. The van der Waals surface area contributed by atoms with Crippen molar-refractivity contribution in [1.29, 1.82) is 0 Å². The van der Waals surface area contributed by atoms with Gasteiger partial charge in [0.1, 0.15) is 5.82 Å². The van der Waals surface area contributed by atoms with Gasteiger partial charge in [0, 0.05) is 23.2 Å². The molecule has 1 aromatic carbocycles. The molecule has 3 N–H and O–H groups in total. The molecular weight excluding hydrogens is 253 g/mol. The minimum atomic E-state index is -0.332. The van der Waals surface area contributed by atoms with Crippen molar-refractivity contribution < 1.29 is 4.39 Å². The lowest BCUT2D eigenvalue weighted by atomic mass is 10.1. The van der Waals surface area contributed by atoms with Gasteiger partial charge in [-0.05, 0) is 30.7 Å². The van der Waals surface area contributed by atoms with Crippen LogP contribution < -0.4 is 11.3 Å². The molecule has 2 aromatic rings. The maximum Gasteiger partial charge on any atom is 0.251 e. The third-order valence-electron chi connectivity index (χ3n) is 2.32. The van der Waals surface area contributed by atoms with Gasteiger partial charge in [0.05, 0.1) is 0 Å². The predicted molar refractivity (Wildman–Crippen MR) is 68.0 cm³/mol. The fourth-order valence-corrected chi connectivity index (χ4v) is 2.45. The number of aromatic nitrogens is 2. The summed E-state index contributed by atoms with van der Waals surface area (Å²) in [5.41, 5.74) is 6.26. The molecule has 0 unspecified atom stereocenters. The molecule has 1 heterocycles. The monoisotopic (exact) mass is 265 g/mol. The third-order valence-corrected chi connectivity index (χ3v) is 3.31. The van der Waals surface area contributed by atoms with Crippen LogP contribution in [0.1, 0.15) is 18.5 Å². The van der Waals surface area contributed by atoms with Crippen LogP contribution in [0.2, 0.25) is 0 Å². The maximum absolute atomic E-state index is 13.2. The van der Waals surface area contributed by atoms with Crippen molar-refractivity contribution in [3.8, 4) is 0 Å². The van der Waals surface area contributed by atoms with E-state index in [4.69, 9.17) is 5.73 Å². The zero-order chi connectivity index (χ0) is 13.1. The Kier molecular flexibility index (Phi) is 3.78. The van der Waals surface area contributed by atoms with Gasteiger partial charge in [-0.2, -0.15) is 0 Å². The van der Waals surface area contributed by atoms with Crippen molar-refractivity contribution in [2.75, 3.05) is 0 Å². The first kappa shape index (κ1) is 12.8. The Morgan fingerprint density at radius 2 is 2.22 bits per heavy atom. The molecule has 18 heavy (non-hydrogen) atoms. The molecule has 0 aliphatic rings. The molecule has 0 aliphatic heterocycles. The lowest BCUT2D eigenvalue weighted by Crippen LogP contribution is -2.08. The Balaban J connectivity index is 2.37. The van der Waals surface area contributed by atoms with E-state index >= 15 is 0 Å². The smallest absolute Gasteiger partial charge is 0.251 e. The zero-order valence-corrected chi connectivity index (χ0v) is 10.5. The first-order chi connectivity index (χ1) is 8.56. The molecule has 6 heteroatoms. The van der Waals surface area contributed by atoms with Crippen LogP contribution in [0.3, 0.4) is 0 Å². The van der Waals surface area contributed by atoms with E-state index in [1.807, 2.05) is 0 Å². The Morgan fingerprint density at radius 1 is 1.44 bits per heavy atom. The van der Waals surface area contributed by atoms with Crippen LogP contribution in [0.15, 0.2) is 45.3 Å². The molecule has 0 fully saturated rings. The molecule has 1 aromatic heterocycles. The zero-order valence-electron chi connectivity index (χ0n) is 9.68. The normalized spacial score (nSPS) is 12.4. The van der Waals surface area contributed by atoms with Crippen LogP contribution in [0.4, 0.5) is 4.39 Å². The van der Waals surface area contributed by atoms with E-state index in [1.54, 1.807) is 13.0 Å². The van der Waals surface area contributed by atoms with Crippen LogP contribution in [0.25, 0.3) is 0 Å². The molecule has 1 atom stereocenters. The highest BCUT2D eigenvalue weighted by Crippen LogP contribution is 2.30. The Hall–Kier alpha value is -1.66. The minimum Gasteiger partial charge on any atom is -0.324 e. The molecule has 0 bridgehead atoms. The molecular formula is C12H12FN3OS. The van der Waals surface area contributed by atoms with Gasteiger partial charge in [0.25, 0.3) is 5.56 Å². The van der Waals surface area contributed by atoms with Crippen LogP contribution in [0, 0.1) is 5.82 Å². The first-order valence-corrected chi connectivity index (χ1v) is 6.16. The second-order valence-corrected chi connectivity index (χ2v) is 4.84. The van der Waals surface area contributed by atoms with Gasteiger partial charge in [0.2, 0.25) is 0 Å². The van der Waals surface area contributed by atoms with E-state index in [-0.39, 0.29) is 17.4 Å². The van der Waals surface area contributed by atoms with Crippen molar-refractivity contribution in [3.63, 3.8) is 0 Å². The fraction of sp³-hybridized carbons (Fsp3) is 0.167. The summed E-state index contributed by atoms with van der Waals surface area (Å²) < 4.78 is 13.2. The molecule has 0 spiro atoms. The van der Waals surface area contributed by atoms with Gasteiger partial charge < -0.3 is 10.7 Å². The van der Waals surface area contributed by atoms with Crippen molar-refractivity contribution >= 4 is 11.8 Å². The summed E-state index contributed by atoms with van der Waals surface area (Å²) in [6.45, 7) is 1.78. The van der Waals surface area contributed by atoms with E-state index < -0.39 is 0 Å². The lowest BCUT2D eigenvalue weighted by molar-refractivity contribution is 0.619. The van der Waals surface area contributed by atoms with Gasteiger partial charge in [-0.25, -0.2) is 9.37 Å². The Morgan fingerprint density at radius 3 is 2.89 bits per heavy atom. The number of H-pyrrole nitrogens is 1. The number of hydrogen-bond acceptors (Lipinski definition) is 4. The van der Waals surface area contributed by atoms with Crippen molar-refractivity contribution in [2.45, 2.75) is 23.0 Å². The standard InChI is InChI=1S/C12H12FN3OS/c1-7(14)9-6-8(13)2-3-10(9)18-12-15-5-4-11(17)16-12/h2-7H,14H2,1H3,(H,15,16,17)/t7-/m1/s1. The quantitative estimate of drug-likeness (QED) is 0.833. The van der Waals surface area contributed by atoms with Crippen molar-refractivity contribution in [1.82, 2.24) is 9.97 Å². The average Bonchev–Trinajstić information content (AvgIpc) is 2.31. The fourth-order valence-electron chi connectivity index (χ4n) is 1.48. The topological polar surface area (TPSA) is 71.8 Å². The van der Waals surface area contributed by atoms with Crippen molar-refractivity contribution in [2.24, 2.45) is 5.73 Å². The lowest BCUT2D eigenvalue weighted by Gasteiger charge is -2.11. The minimum absolute atomic E-state index is 0.225. The summed E-state index contributed by atoms with van der Waals surface area (Å²) >= 11 is 1.25. The summed E-state index contributed by atoms with van der Waals surface area (Å²) in [5, 5.41) is 0.455. The van der Waals surface area contributed by atoms with Crippen LogP contribution in [-0.4, -0.2) is 9.97 Å².